The molecule has 0 unspecified atom stereocenters. The maximum Gasteiger partial charge on any atom is 0.313 e. The minimum Gasteiger partial charge on any atom is -0.491 e. The molecule has 0 atom stereocenters. The van der Waals surface area contributed by atoms with Crippen LogP contribution in [0.3, 0.4) is 0 Å². The molecule has 0 aliphatic carbocycles. The van der Waals surface area contributed by atoms with Crippen LogP contribution < -0.4 is 15.4 Å². The Hall–Kier alpha value is -2.34. The van der Waals surface area contributed by atoms with E-state index >= 15 is 0 Å². The molecule has 0 aliphatic rings. The van der Waals surface area contributed by atoms with Crippen LogP contribution in [0, 0.1) is 0 Å². The average Bonchev–Trinajstić information content (AvgIpc) is 2.55. The number of benzene rings is 2. The molecule has 5 nitrogen and oxygen atoms in total. The van der Waals surface area contributed by atoms with Crippen LogP contribution in [0.15, 0.2) is 53.0 Å². The molecule has 2 aromatic rings. The average molecular weight is 391 g/mol. The maximum atomic E-state index is 11.8. The van der Waals surface area contributed by atoms with Gasteiger partial charge in [0.15, 0.2) is 0 Å². The van der Waals surface area contributed by atoms with Crippen LogP contribution >= 0.6 is 15.9 Å². The summed E-state index contributed by atoms with van der Waals surface area (Å²) in [6.07, 6.45) is 0.109. The van der Waals surface area contributed by atoms with Gasteiger partial charge in [-0.15, -0.1) is 0 Å². The summed E-state index contributed by atoms with van der Waals surface area (Å²) in [6, 6.07) is 14.4. The molecule has 0 radical (unpaired) electrons. The molecule has 2 rings (SSSR count). The molecule has 2 N–H and O–H groups in total. The van der Waals surface area contributed by atoms with E-state index in [0.29, 0.717) is 5.69 Å². The van der Waals surface area contributed by atoms with Crippen LogP contribution in [0.4, 0.5) is 5.69 Å². The van der Waals surface area contributed by atoms with Gasteiger partial charge < -0.3 is 15.4 Å². The monoisotopic (exact) mass is 390 g/mol. The van der Waals surface area contributed by atoms with E-state index in [-0.39, 0.29) is 12.6 Å². The Balaban J connectivity index is 1.83. The fourth-order valence-corrected chi connectivity index (χ4v) is 2.21. The molecule has 0 saturated heterocycles. The van der Waals surface area contributed by atoms with Crippen LogP contribution in [0.2, 0.25) is 0 Å². The molecule has 0 heterocycles. The summed E-state index contributed by atoms with van der Waals surface area (Å²) in [5.74, 6) is -0.606. The number of hydrogen-bond acceptors (Lipinski definition) is 3. The van der Waals surface area contributed by atoms with Gasteiger partial charge in [-0.2, -0.15) is 0 Å². The normalized spacial score (nSPS) is 10.3. The van der Waals surface area contributed by atoms with Gasteiger partial charge in [-0.05, 0) is 55.8 Å². The molecule has 126 valence electrons. The van der Waals surface area contributed by atoms with Crippen LogP contribution in [0.5, 0.6) is 5.75 Å². The first-order chi connectivity index (χ1) is 11.4. The molecule has 6 heteroatoms. The highest BCUT2D eigenvalue weighted by Crippen LogP contribution is 2.15. The molecule has 2 amide bonds. The predicted molar refractivity (Wildman–Crippen MR) is 96.8 cm³/mol. The van der Waals surface area contributed by atoms with Crippen molar-refractivity contribution in [2.75, 3.05) is 5.32 Å². The van der Waals surface area contributed by atoms with Crippen LogP contribution in [0.1, 0.15) is 19.4 Å². The fraction of sp³-hybridized carbons (Fsp3) is 0.222. The minimum absolute atomic E-state index is 0.109. The van der Waals surface area contributed by atoms with E-state index in [1.165, 1.54) is 0 Å². The number of halogens is 1. The summed E-state index contributed by atoms with van der Waals surface area (Å²) in [5.41, 5.74) is 1.45. The standard InChI is InChI=1S/C18H19BrN2O3/c1-12(2)24-16-9-3-13(4-10-16)11-20-17(22)18(23)21-15-7-5-14(19)6-8-15/h3-10,12H,11H2,1-2H3,(H,20,22)(H,21,23). The molecule has 0 aliphatic heterocycles. The fourth-order valence-electron chi connectivity index (χ4n) is 1.94. The first-order valence-corrected chi connectivity index (χ1v) is 8.33. The highest BCUT2D eigenvalue weighted by molar-refractivity contribution is 9.10. The first kappa shape index (κ1) is 18.0. The summed E-state index contributed by atoms with van der Waals surface area (Å²) in [4.78, 5) is 23.7. The summed E-state index contributed by atoms with van der Waals surface area (Å²) in [7, 11) is 0. The van der Waals surface area contributed by atoms with Crippen LogP contribution in [-0.2, 0) is 16.1 Å². The van der Waals surface area contributed by atoms with Crippen molar-refractivity contribution in [3.05, 3.63) is 58.6 Å². The summed E-state index contributed by atoms with van der Waals surface area (Å²) in [5, 5.41) is 5.13. The Morgan fingerprint density at radius 1 is 1.00 bits per heavy atom. The molecule has 0 saturated carbocycles. The Bertz CT molecular complexity index is 697. The van der Waals surface area contributed by atoms with Crippen molar-refractivity contribution in [1.82, 2.24) is 5.32 Å². The highest BCUT2D eigenvalue weighted by Gasteiger charge is 2.13. The molecule has 24 heavy (non-hydrogen) atoms. The second kappa shape index (κ2) is 8.49. The molecule has 0 aromatic heterocycles. The van der Waals surface area contributed by atoms with E-state index in [9.17, 15) is 9.59 Å². The Kier molecular flexibility index (Phi) is 6.37. The Morgan fingerprint density at radius 2 is 1.62 bits per heavy atom. The van der Waals surface area contributed by atoms with Crippen molar-refractivity contribution in [1.29, 1.82) is 0 Å². The van der Waals surface area contributed by atoms with Crippen molar-refractivity contribution < 1.29 is 14.3 Å². The Morgan fingerprint density at radius 3 is 2.21 bits per heavy atom. The van der Waals surface area contributed by atoms with Gasteiger partial charge >= 0.3 is 11.8 Å². The number of rotatable bonds is 5. The first-order valence-electron chi connectivity index (χ1n) is 7.54. The largest absolute Gasteiger partial charge is 0.491 e. The number of carbonyl (C=O) groups excluding carboxylic acids is 2. The molecule has 2 aromatic carbocycles. The molecular formula is C18H19BrN2O3. The molecular weight excluding hydrogens is 372 g/mol. The second-order valence-corrected chi connectivity index (χ2v) is 6.37. The van der Waals surface area contributed by atoms with Crippen molar-refractivity contribution in [2.45, 2.75) is 26.5 Å². The third-order valence-electron chi connectivity index (χ3n) is 3.06. The lowest BCUT2D eigenvalue weighted by atomic mass is 10.2. The molecule has 0 spiro atoms. The SMILES string of the molecule is CC(C)Oc1ccc(CNC(=O)C(=O)Nc2ccc(Br)cc2)cc1. The van der Waals surface area contributed by atoms with Crippen molar-refractivity contribution in [3.63, 3.8) is 0 Å². The molecule has 0 bridgehead atoms. The van der Waals surface area contributed by atoms with Gasteiger partial charge in [0.2, 0.25) is 0 Å². The lowest BCUT2D eigenvalue weighted by Crippen LogP contribution is -2.34. The van der Waals surface area contributed by atoms with Crippen LogP contribution in [-0.4, -0.2) is 17.9 Å². The van der Waals surface area contributed by atoms with E-state index < -0.39 is 11.8 Å². The van der Waals surface area contributed by atoms with Gasteiger partial charge in [0.05, 0.1) is 6.10 Å². The van der Waals surface area contributed by atoms with E-state index in [4.69, 9.17) is 4.74 Å². The van der Waals surface area contributed by atoms with Gasteiger partial charge in [0.25, 0.3) is 0 Å². The minimum atomic E-state index is -0.697. The zero-order chi connectivity index (χ0) is 17.5. The smallest absolute Gasteiger partial charge is 0.313 e. The van der Waals surface area contributed by atoms with E-state index in [1.54, 1.807) is 24.3 Å². The van der Waals surface area contributed by atoms with Gasteiger partial charge in [0.1, 0.15) is 5.75 Å². The Labute approximate surface area is 149 Å². The number of carbonyl (C=O) groups is 2. The van der Waals surface area contributed by atoms with Crippen LogP contribution in [0.25, 0.3) is 0 Å². The lowest BCUT2D eigenvalue weighted by molar-refractivity contribution is -0.136. The van der Waals surface area contributed by atoms with E-state index in [2.05, 4.69) is 26.6 Å². The predicted octanol–water partition coefficient (Wildman–Crippen LogP) is 3.49. The third-order valence-corrected chi connectivity index (χ3v) is 3.59. The number of amides is 2. The zero-order valence-corrected chi connectivity index (χ0v) is 15.1. The number of anilines is 1. The van der Waals surface area contributed by atoms with Gasteiger partial charge in [-0.1, -0.05) is 28.1 Å². The maximum absolute atomic E-state index is 11.8. The number of nitrogens with one attached hydrogen (secondary N) is 2. The van der Waals surface area contributed by atoms with Crippen molar-refractivity contribution >= 4 is 33.4 Å². The van der Waals surface area contributed by atoms with E-state index in [0.717, 1.165) is 15.8 Å². The highest BCUT2D eigenvalue weighted by atomic mass is 79.9. The van der Waals surface area contributed by atoms with Gasteiger partial charge in [-0.25, -0.2) is 0 Å². The second-order valence-electron chi connectivity index (χ2n) is 5.45. The van der Waals surface area contributed by atoms with Crippen molar-refractivity contribution in [2.24, 2.45) is 0 Å². The van der Waals surface area contributed by atoms with Gasteiger partial charge in [0, 0.05) is 16.7 Å². The lowest BCUT2D eigenvalue weighted by Gasteiger charge is -2.10. The van der Waals surface area contributed by atoms with Crippen molar-refractivity contribution in [3.8, 4) is 5.75 Å². The zero-order valence-electron chi connectivity index (χ0n) is 13.5. The molecule has 0 fully saturated rings. The van der Waals surface area contributed by atoms with E-state index in [1.807, 2.05) is 38.1 Å². The topological polar surface area (TPSA) is 67.4 Å². The quantitative estimate of drug-likeness (QED) is 0.767. The van der Waals surface area contributed by atoms with Gasteiger partial charge in [-0.3, -0.25) is 9.59 Å². The number of hydrogen-bond donors (Lipinski definition) is 2. The summed E-state index contributed by atoms with van der Waals surface area (Å²) >= 11 is 3.31. The summed E-state index contributed by atoms with van der Waals surface area (Å²) in [6.45, 7) is 4.19. The number of ether oxygens (including phenoxy) is 1. The third kappa shape index (κ3) is 5.70. The summed E-state index contributed by atoms with van der Waals surface area (Å²) < 4.78 is 6.45.